The molecule has 0 aliphatic carbocycles. The van der Waals surface area contributed by atoms with Crippen molar-refractivity contribution in [1.29, 1.82) is 0 Å². The van der Waals surface area contributed by atoms with Gasteiger partial charge in [-0.15, -0.1) is 0 Å². The third-order valence-corrected chi connectivity index (χ3v) is 4.49. The molecule has 1 unspecified atom stereocenters. The number of anilines is 1. The third kappa shape index (κ3) is 5.74. The molecule has 0 aromatic heterocycles. The molecule has 6 heteroatoms. The summed E-state index contributed by atoms with van der Waals surface area (Å²) in [4.78, 5) is 24.4. The normalized spacial score (nSPS) is 11.4. The fraction of sp³-hybridized carbons (Fsp3) is 0.364. The standard InChI is InChI=1S/C22H28N2O4/c1-5-6-7-16-8-11-18(12-9-16)24-22(26)21(25)23-15(2)17-10-13-19(27-3)20(14-17)28-4/h8-15H,5-7H2,1-4H3,(H,23,25)(H,24,26). The predicted molar refractivity (Wildman–Crippen MR) is 110 cm³/mol. The maximum atomic E-state index is 12.2. The van der Waals surface area contributed by atoms with E-state index >= 15 is 0 Å². The SMILES string of the molecule is CCCCc1ccc(NC(=O)C(=O)NC(C)c2ccc(OC)c(OC)c2)cc1. The number of hydrogen-bond acceptors (Lipinski definition) is 4. The van der Waals surface area contributed by atoms with Gasteiger partial charge < -0.3 is 20.1 Å². The molecule has 2 rings (SSSR count). The zero-order valence-corrected chi connectivity index (χ0v) is 16.9. The first kappa shape index (κ1) is 21.3. The lowest BCUT2D eigenvalue weighted by Crippen LogP contribution is -2.36. The number of benzene rings is 2. The van der Waals surface area contributed by atoms with E-state index in [0.29, 0.717) is 17.2 Å². The van der Waals surface area contributed by atoms with E-state index in [0.717, 1.165) is 24.8 Å². The summed E-state index contributed by atoms with van der Waals surface area (Å²) in [6.07, 6.45) is 3.27. The number of hydrogen-bond donors (Lipinski definition) is 2. The lowest BCUT2D eigenvalue weighted by atomic mass is 10.1. The van der Waals surface area contributed by atoms with Gasteiger partial charge in [0.15, 0.2) is 11.5 Å². The Bertz CT molecular complexity index is 803. The van der Waals surface area contributed by atoms with Gasteiger partial charge in [0.1, 0.15) is 0 Å². The second-order valence-corrected chi connectivity index (χ2v) is 6.56. The minimum absolute atomic E-state index is 0.366. The minimum Gasteiger partial charge on any atom is -0.493 e. The molecular weight excluding hydrogens is 356 g/mol. The van der Waals surface area contributed by atoms with Crippen molar-refractivity contribution in [2.45, 2.75) is 39.2 Å². The first-order chi connectivity index (χ1) is 13.5. The van der Waals surface area contributed by atoms with Crippen molar-refractivity contribution in [3.05, 3.63) is 53.6 Å². The Morgan fingerprint density at radius 1 is 0.964 bits per heavy atom. The van der Waals surface area contributed by atoms with Crippen LogP contribution in [0.3, 0.4) is 0 Å². The number of unbranched alkanes of at least 4 members (excludes halogenated alkanes) is 1. The van der Waals surface area contributed by atoms with Gasteiger partial charge in [0.05, 0.1) is 20.3 Å². The molecule has 0 spiro atoms. The zero-order chi connectivity index (χ0) is 20.5. The average Bonchev–Trinajstić information content (AvgIpc) is 2.72. The van der Waals surface area contributed by atoms with Crippen LogP contribution in [-0.2, 0) is 16.0 Å². The van der Waals surface area contributed by atoms with Gasteiger partial charge in [0, 0.05) is 5.69 Å². The van der Waals surface area contributed by atoms with E-state index in [1.165, 1.54) is 5.56 Å². The molecule has 0 fully saturated rings. The van der Waals surface area contributed by atoms with Crippen molar-refractivity contribution in [1.82, 2.24) is 5.32 Å². The Labute approximate surface area is 166 Å². The highest BCUT2D eigenvalue weighted by atomic mass is 16.5. The summed E-state index contributed by atoms with van der Waals surface area (Å²) >= 11 is 0. The number of methoxy groups -OCH3 is 2. The Balaban J connectivity index is 1.95. The monoisotopic (exact) mass is 384 g/mol. The van der Waals surface area contributed by atoms with Crippen molar-refractivity contribution < 1.29 is 19.1 Å². The molecular formula is C22H28N2O4. The third-order valence-electron chi connectivity index (χ3n) is 4.49. The summed E-state index contributed by atoms with van der Waals surface area (Å²) in [5.74, 6) is -0.232. The van der Waals surface area contributed by atoms with Gasteiger partial charge in [-0.05, 0) is 55.2 Å². The molecule has 2 aromatic rings. The van der Waals surface area contributed by atoms with Crippen LogP contribution in [0.5, 0.6) is 11.5 Å². The molecule has 0 aliphatic heterocycles. The average molecular weight is 384 g/mol. The van der Waals surface area contributed by atoms with E-state index < -0.39 is 11.8 Å². The van der Waals surface area contributed by atoms with Gasteiger partial charge >= 0.3 is 11.8 Å². The number of aryl methyl sites for hydroxylation is 1. The van der Waals surface area contributed by atoms with Crippen LogP contribution < -0.4 is 20.1 Å². The molecule has 0 saturated heterocycles. The van der Waals surface area contributed by atoms with Crippen molar-refractivity contribution in [2.24, 2.45) is 0 Å². The summed E-state index contributed by atoms with van der Waals surface area (Å²) in [7, 11) is 3.11. The van der Waals surface area contributed by atoms with Crippen LogP contribution in [0.25, 0.3) is 0 Å². The molecule has 0 heterocycles. The fourth-order valence-electron chi connectivity index (χ4n) is 2.79. The van der Waals surface area contributed by atoms with E-state index in [1.807, 2.05) is 30.3 Å². The smallest absolute Gasteiger partial charge is 0.313 e. The number of nitrogens with one attached hydrogen (secondary N) is 2. The van der Waals surface area contributed by atoms with Gasteiger partial charge in [-0.2, -0.15) is 0 Å². The van der Waals surface area contributed by atoms with E-state index in [4.69, 9.17) is 9.47 Å². The molecule has 150 valence electrons. The molecule has 2 N–H and O–H groups in total. The second-order valence-electron chi connectivity index (χ2n) is 6.56. The van der Waals surface area contributed by atoms with Crippen LogP contribution in [0.1, 0.15) is 43.9 Å². The highest BCUT2D eigenvalue weighted by molar-refractivity contribution is 6.39. The van der Waals surface area contributed by atoms with Crippen molar-refractivity contribution in [3.63, 3.8) is 0 Å². The highest BCUT2D eigenvalue weighted by Crippen LogP contribution is 2.29. The zero-order valence-electron chi connectivity index (χ0n) is 16.9. The molecule has 1 atom stereocenters. The highest BCUT2D eigenvalue weighted by Gasteiger charge is 2.18. The van der Waals surface area contributed by atoms with Crippen LogP contribution in [0.2, 0.25) is 0 Å². The topological polar surface area (TPSA) is 76.7 Å². The Morgan fingerprint density at radius 3 is 2.25 bits per heavy atom. The molecule has 0 saturated carbocycles. The van der Waals surface area contributed by atoms with Crippen LogP contribution in [0.4, 0.5) is 5.69 Å². The summed E-state index contributed by atoms with van der Waals surface area (Å²) in [5, 5.41) is 5.32. The maximum Gasteiger partial charge on any atom is 0.313 e. The summed E-state index contributed by atoms with van der Waals surface area (Å²) in [5.41, 5.74) is 2.62. The van der Waals surface area contributed by atoms with E-state index in [1.54, 1.807) is 33.3 Å². The van der Waals surface area contributed by atoms with Gasteiger partial charge in [-0.25, -0.2) is 0 Å². The first-order valence-corrected chi connectivity index (χ1v) is 9.41. The Morgan fingerprint density at radius 2 is 1.64 bits per heavy atom. The van der Waals surface area contributed by atoms with Gasteiger partial charge in [-0.3, -0.25) is 9.59 Å². The Kier molecular flexibility index (Phi) is 7.87. The minimum atomic E-state index is -0.700. The quantitative estimate of drug-likeness (QED) is 0.678. The maximum absolute atomic E-state index is 12.2. The Hall–Kier alpha value is -3.02. The first-order valence-electron chi connectivity index (χ1n) is 9.41. The number of ether oxygens (including phenoxy) is 2. The molecule has 2 aromatic carbocycles. The summed E-state index contributed by atoms with van der Waals surface area (Å²) in [6, 6.07) is 12.6. The van der Waals surface area contributed by atoms with Gasteiger partial charge in [0.2, 0.25) is 0 Å². The van der Waals surface area contributed by atoms with E-state index in [-0.39, 0.29) is 6.04 Å². The molecule has 2 amide bonds. The predicted octanol–water partition coefficient (Wildman–Crippen LogP) is 3.86. The molecule has 0 bridgehead atoms. The van der Waals surface area contributed by atoms with Crippen molar-refractivity contribution >= 4 is 17.5 Å². The number of rotatable bonds is 8. The summed E-state index contributed by atoms with van der Waals surface area (Å²) < 4.78 is 10.5. The summed E-state index contributed by atoms with van der Waals surface area (Å²) in [6.45, 7) is 3.95. The van der Waals surface area contributed by atoms with Crippen molar-refractivity contribution in [3.8, 4) is 11.5 Å². The van der Waals surface area contributed by atoms with Crippen LogP contribution in [-0.4, -0.2) is 26.0 Å². The number of carbonyl (C=O) groups is 2. The second kappa shape index (κ2) is 10.3. The lowest BCUT2D eigenvalue weighted by Gasteiger charge is -2.16. The van der Waals surface area contributed by atoms with Crippen LogP contribution >= 0.6 is 0 Å². The van der Waals surface area contributed by atoms with Gasteiger partial charge in [-0.1, -0.05) is 31.5 Å². The molecule has 0 aliphatic rings. The van der Waals surface area contributed by atoms with E-state index in [9.17, 15) is 9.59 Å². The van der Waals surface area contributed by atoms with Crippen molar-refractivity contribution in [2.75, 3.05) is 19.5 Å². The molecule has 28 heavy (non-hydrogen) atoms. The van der Waals surface area contributed by atoms with Crippen LogP contribution in [0.15, 0.2) is 42.5 Å². The molecule has 6 nitrogen and oxygen atoms in total. The largest absolute Gasteiger partial charge is 0.493 e. The molecule has 0 radical (unpaired) electrons. The number of amides is 2. The number of carbonyl (C=O) groups excluding carboxylic acids is 2. The van der Waals surface area contributed by atoms with Crippen LogP contribution in [0, 0.1) is 0 Å². The fourth-order valence-corrected chi connectivity index (χ4v) is 2.79. The van der Waals surface area contributed by atoms with Gasteiger partial charge in [0.25, 0.3) is 0 Å². The lowest BCUT2D eigenvalue weighted by molar-refractivity contribution is -0.136. The van der Waals surface area contributed by atoms with E-state index in [2.05, 4.69) is 17.6 Å².